The first kappa shape index (κ1) is 10.2. The highest BCUT2D eigenvalue weighted by Crippen LogP contribution is 2.36. The van der Waals surface area contributed by atoms with Crippen molar-refractivity contribution in [1.82, 2.24) is 9.97 Å². The lowest BCUT2D eigenvalue weighted by molar-refractivity contribution is 0.692. The molecule has 4 N–H and O–H groups in total. The van der Waals surface area contributed by atoms with Crippen molar-refractivity contribution < 1.29 is 0 Å². The van der Waals surface area contributed by atoms with Gasteiger partial charge in [-0.05, 0) is 18.8 Å². The Kier molecular flexibility index (Phi) is 3.01. The molecular formula is C10H17N5. The van der Waals surface area contributed by atoms with Crippen LogP contribution >= 0.6 is 0 Å². The largest absolute Gasteiger partial charge is 0.367 e. The standard InChI is InChI=1S/C10H17N5/c1-2-3-7-4-8(7)14-9-5-10(15-11)13-6-12-9/h5-8H,2-4,11H2,1H3,(H2,12,13,14,15). The molecule has 5 nitrogen and oxygen atoms in total. The van der Waals surface area contributed by atoms with Gasteiger partial charge in [-0.2, -0.15) is 0 Å². The normalized spacial score (nSPS) is 23.6. The molecule has 2 unspecified atom stereocenters. The first-order valence-electron chi connectivity index (χ1n) is 5.38. The molecule has 1 aliphatic carbocycles. The van der Waals surface area contributed by atoms with Gasteiger partial charge in [-0.25, -0.2) is 15.8 Å². The van der Waals surface area contributed by atoms with Crippen LogP contribution in [0, 0.1) is 5.92 Å². The lowest BCUT2D eigenvalue weighted by atomic mass is 10.2. The predicted molar refractivity (Wildman–Crippen MR) is 60.3 cm³/mol. The fraction of sp³-hybridized carbons (Fsp3) is 0.600. The van der Waals surface area contributed by atoms with Crippen LogP contribution < -0.4 is 16.6 Å². The molecule has 2 atom stereocenters. The summed E-state index contributed by atoms with van der Waals surface area (Å²) in [5.41, 5.74) is 2.51. The van der Waals surface area contributed by atoms with Crippen LogP contribution in [0.4, 0.5) is 11.6 Å². The van der Waals surface area contributed by atoms with Crippen molar-refractivity contribution in [3.8, 4) is 0 Å². The monoisotopic (exact) mass is 207 g/mol. The zero-order chi connectivity index (χ0) is 10.7. The van der Waals surface area contributed by atoms with Crippen molar-refractivity contribution in [2.24, 2.45) is 11.8 Å². The van der Waals surface area contributed by atoms with Crippen LogP contribution in [-0.2, 0) is 0 Å². The number of hydrogen-bond donors (Lipinski definition) is 3. The number of rotatable bonds is 5. The van der Waals surface area contributed by atoms with E-state index in [1.165, 1.54) is 25.6 Å². The Morgan fingerprint density at radius 1 is 1.47 bits per heavy atom. The van der Waals surface area contributed by atoms with Crippen molar-refractivity contribution in [2.45, 2.75) is 32.2 Å². The van der Waals surface area contributed by atoms with E-state index in [2.05, 4.69) is 27.6 Å². The van der Waals surface area contributed by atoms with Crippen LogP contribution in [0.2, 0.25) is 0 Å². The number of nitrogens with one attached hydrogen (secondary N) is 2. The van der Waals surface area contributed by atoms with Crippen LogP contribution in [0.25, 0.3) is 0 Å². The van der Waals surface area contributed by atoms with Gasteiger partial charge in [0.15, 0.2) is 0 Å². The lowest BCUT2D eigenvalue weighted by Crippen LogP contribution is -2.11. The number of hydrazine groups is 1. The van der Waals surface area contributed by atoms with Crippen molar-refractivity contribution >= 4 is 11.6 Å². The summed E-state index contributed by atoms with van der Waals surface area (Å²) in [5.74, 6) is 7.58. The summed E-state index contributed by atoms with van der Waals surface area (Å²) in [4.78, 5) is 8.10. The minimum absolute atomic E-state index is 0.588. The van der Waals surface area contributed by atoms with E-state index < -0.39 is 0 Å². The smallest absolute Gasteiger partial charge is 0.145 e. The highest BCUT2D eigenvalue weighted by molar-refractivity contribution is 5.47. The predicted octanol–water partition coefficient (Wildman–Crippen LogP) is 1.36. The van der Waals surface area contributed by atoms with Crippen molar-refractivity contribution in [2.75, 3.05) is 10.7 Å². The SMILES string of the molecule is CCCC1CC1Nc1cc(NN)ncn1. The Morgan fingerprint density at radius 2 is 2.27 bits per heavy atom. The van der Waals surface area contributed by atoms with Crippen molar-refractivity contribution in [3.63, 3.8) is 0 Å². The summed E-state index contributed by atoms with van der Waals surface area (Å²) in [6, 6.07) is 2.41. The van der Waals surface area contributed by atoms with E-state index in [1.807, 2.05) is 6.07 Å². The number of nitrogens with zero attached hydrogens (tertiary/aromatic N) is 2. The van der Waals surface area contributed by atoms with Crippen LogP contribution in [0.1, 0.15) is 26.2 Å². The minimum atomic E-state index is 0.588. The summed E-state index contributed by atoms with van der Waals surface area (Å²) < 4.78 is 0. The Hall–Kier alpha value is -1.36. The molecule has 1 aromatic rings. The number of aromatic nitrogens is 2. The fourth-order valence-electron chi connectivity index (χ4n) is 1.82. The Bertz CT molecular complexity index is 327. The molecule has 0 saturated heterocycles. The maximum Gasteiger partial charge on any atom is 0.145 e. The second-order valence-corrected chi connectivity index (χ2v) is 3.97. The molecule has 1 heterocycles. The zero-order valence-corrected chi connectivity index (χ0v) is 8.90. The maximum atomic E-state index is 5.27. The molecule has 1 aromatic heterocycles. The second-order valence-electron chi connectivity index (χ2n) is 3.97. The molecule has 0 bridgehead atoms. The van der Waals surface area contributed by atoms with Gasteiger partial charge < -0.3 is 10.7 Å². The first-order valence-corrected chi connectivity index (χ1v) is 5.38. The van der Waals surface area contributed by atoms with E-state index in [9.17, 15) is 0 Å². The summed E-state index contributed by atoms with van der Waals surface area (Å²) in [6.45, 7) is 2.22. The van der Waals surface area contributed by atoms with E-state index in [-0.39, 0.29) is 0 Å². The number of nitrogen functional groups attached to an aromatic ring is 1. The second kappa shape index (κ2) is 4.44. The van der Waals surface area contributed by atoms with Gasteiger partial charge in [0.2, 0.25) is 0 Å². The summed E-state index contributed by atoms with van der Waals surface area (Å²) in [5, 5.41) is 3.38. The van der Waals surface area contributed by atoms with Crippen molar-refractivity contribution in [3.05, 3.63) is 12.4 Å². The highest BCUT2D eigenvalue weighted by atomic mass is 15.3. The molecule has 1 fully saturated rings. The minimum Gasteiger partial charge on any atom is -0.367 e. The third-order valence-corrected chi connectivity index (χ3v) is 2.73. The zero-order valence-electron chi connectivity index (χ0n) is 8.90. The number of anilines is 2. The third-order valence-electron chi connectivity index (χ3n) is 2.73. The number of hydrogen-bond acceptors (Lipinski definition) is 5. The van der Waals surface area contributed by atoms with Crippen LogP contribution in [0.5, 0.6) is 0 Å². The Labute approximate surface area is 89.5 Å². The van der Waals surface area contributed by atoms with Gasteiger partial charge in [0, 0.05) is 12.1 Å². The van der Waals surface area contributed by atoms with Gasteiger partial charge in [0.25, 0.3) is 0 Å². The topological polar surface area (TPSA) is 75.9 Å². The van der Waals surface area contributed by atoms with E-state index in [0.29, 0.717) is 11.9 Å². The molecule has 0 aromatic carbocycles. The average molecular weight is 207 g/mol. The van der Waals surface area contributed by atoms with E-state index in [0.717, 1.165) is 11.7 Å². The van der Waals surface area contributed by atoms with E-state index in [4.69, 9.17) is 5.84 Å². The van der Waals surface area contributed by atoms with Gasteiger partial charge in [-0.1, -0.05) is 13.3 Å². The third kappa shape index (κ3) is 2.56. The van der Waals surface area contributed by atoms with Crippen LogP contribution in [0.15, 0.2) is 12.4 Å². The molecule has 0 spiro atoms. The van der Waals surface area contributed by atoms with Gasteiger partial charge >= 0.3 is 0 Å². The van der Waals surface area contributed by atoms with Gasteiger partial charge in [-0.3, -0.25) is 0 Å². The molecule has 0 amide bonds. The lowest BCUT2D eigenvalue weighted by Gasteiger charge is -2.05. The molecule has 2 rings (SSSR count). The van der Waals surface area contributed by atoms with Gasteiger partial charge in [0.1, 0.15) is 18.0 Å². The molecule has 1 aliphatic rings. The molecule has 5 heteroatoms. The molecular weight excluding hydrogens is 190 g/mol. The van der Waals surface area contributed by atoms with E-state index in [1.54, 1.807) is 0 Å². The summed E-state index contributed by atoms with van der Waals surface area (Å²) in [7, 11) is 0. The molecule has 1 saturated carbocycles. The van der Waals surface area contributed by atoms with E-state index >= 15 is 0 Å². The first-order chi connectivity index (χ1) is 7.33. The number of nitrogens with two attached hydrogens (primary N) is 1. The fourth-order valence-corrected chi connectivity index (χ4v) is 1.82. The van der Waals surface area contributed by atoms with Crippen LogP contribution in [0.3, 0.4) is 0 Å². The van der Waals surface area contributed by atoms with Crippen LogP contribution in [-0.4, -0.2) is 16.0 Å². The quantitative estimate of drug-likeness (QED) is 0.502. The van der Waals surface area contributed by atoms with Crippen molar-refractivity contribution in [1.29, 1.82) is 0 Å². The Balaban J connectivity index is 1.89. The maximum absolute atomic E-state index is 5.27. The average Bonchev–Trinajstić information content (AvgIpc) is 2.97. The molecule has 0 aliphatic heterocycles. The molecule has 15 heavy (non-hydrogen) atoms. The van der Waals surface area contributed by atoms with Gasteiger partial charge in [0.05, 0.1) is 0 Å². The summed E-state index contributed by atoms with van der Waals surface area (Å²) in [6.07, 6.45) is 5.31. The highest BCUT2D eigenvalue weighted by Gasteiger charge is 2.36. The summed E-state index contributed by atoms with van der Waals surface area (Å²) >= 11 is 0. The molecule has 0 radical (unpaired) electrons. The molecule has 82 valence electrons. The van der Waals surface area contributed by atoms with Gasteiger partial charge in [-0.15, -0.1) is 0 Å². The Morgan fingerprint density at radius 3 is 3.00 bits per heavy atom.